The SMILES string of the molecule is O=C(O)CC1COCCN1c1ccc(F)cc1[N+](=O)[O-]. The molecule has 1 atom stereocenters. The number of nitrogens with zero attached hydrogens (tertiary/aromatic N) is 2. The first kappa shape index (κ1) is 14.2. The number of hydrogen-bond donors (Lipinski definition) is 1. The molecule has 108 valence electrons. The third-order valence-electron chi connectivity index (χ3n) is 3.08. The van der Waals surface area contributed by atoms with Crippen LogP contribution in [0.5, 0.6) is 0 Å². The number of aliphatic carboxylic acids is 1. The minimum Gasteiger partial charge on any atom is -0.481 e. The molecule has 1 saturated heterocycles. The Morgan fingerprint density at radius 1 is 1.60 bits per heavy atom. The maximum Gasteiger partial charge on any atom is 0.305 e. The second-order valence-electron chi connectivity index (χ2n) is 4.41. The molecule has 0 saturated carbocycles. The lowest BCUT2D eigenvalue weighted by molar-refractivity contribution is -0.384. The highest BCUT2D eigenvalue weighted by Gasteiger charge is 2.30. The number of ether oxygens (including phenoxy) is 1. The summed E-state index contributed by atoms with van der Waals surface area (Å²) in [5.41, 5.74) is -0.159. The topological polar surface area (TPSA) is 92.9 Å². The molecule has 1 heterocycles. The Kier molecular flexibility index (Phi) is 4.14. The van der Waals surface area contributed by atoms with E-state index < -0.39 is 22.8 Å². The molecule has 1 aliphatic heterocycles. The third-order valence-corrected chi connectivity index (χ3v) is 3.08. The van der Waals surface area contributed by atoms with Crippen molar-refractivity contribution in [1.29, 1.82) is 0 Å². The number of carbonyl (C=O) groups is 1. The monoisotopic (exact) mass is 284 g/mol. The molecule has 2 rings (SSSR count). The molecule has 20 heavy (non-hydrogen) atoms. The molecule has 1 N–H and O–H groups in total. The highest BCUT2D eigenvalue weighted by atomic mass is 19.1. The zero-order chi connectivity index (χ0) is 14.7. The summed E-state index contributed by atoms with van der Waals surface area (Å²) >= 11 is 0. The summed E-state index contributed by atoms with van der Waals surface area (Å²) in [6.45, 7) is 0.829. The van der Waals surface area contributed by atoms with Crippen LogP contribution >= 0.6 is 0 Å². The zero-order valence-corrected chi connectivity index (χ0v) is 10.5. The van der Waals surface area contributed by atoms with Gasteiger partial charge in [-0.2, -0.15) is 0 Å². The fourth-order valence-corrected chi connectivity index (χ4v) is 2.23. The molecule has 7 nitrogen and oxygen atoms in total. The number of halogens is 1. The number of nitro groups is 1. The van der Waals surface area contributed by atoms with Crippen molar-refractivity contribution in [3.05, 3.63) is 34.1 Å². The molecule has 1 unspecified atom stereocenters. The molecule has 1 aromatic carbocycles. The van der Waals surface area contributed by atoms with Gasteiger partial charge in [-0.15, -0.1) is 0 Å². The average molecular weight is 284 g/mol. The number of morpholine rings is 1. The molecule has 0 aromatic heterocycles. The maximum atomic E-state index is 13.1. The van der Waals surface area contributed by atoms with Crippen LogP contribution in [-0.4, -0.2) is 41.8 Å². The molecule has 1 aliphatic rings. The number of hydrogen-bond acceptors (Lipinski definition) is 5. The predicted octanol–water partition coefficient (Wildman–Crippen LogP) is 1.41. The average Bonchev–Trinajstić information content (AvgIpc) is 2.39. The van der Waals surface area contributed by atoms with Gasteiger partial charge in [-0.3, -0.25) is 14.9 Å². The van der Waals surface area contributed by atoms with Gasteiger partial charge in [0.2, 0.25) is 0 Å². The Bertz CT molecular complexity index is 537. The summed E-state index contributed by atoms with van der Waals surface area (Å²) < 4.78 is 18.4. The van der Waals surface area contributed by atoms with Crippen molar-refractivity contribution in [3.8, 4) is 0 Å². The Morgan fingerprint density at radius 2 is 2.35 bits per heavy atom. The summed E-state index contributed by atoms with van der Waals surface area (Å²) in [5, 5.41) is 19.9. The van der Waals surface area contributed by atoms with E-state index >= 15 is 0 Å². The number of carboxylic acid groups (broad SMARTS) is 1. The van der Waals surface area contributed by atoms with Crippen LogP contribution in [0.3, 0.4) is 0 Å². The van der Waals surface area contributed by atoms with Crippen LogP contribution in [0.4, 0.5) is 15.8 Å². The van der Waals surface area contributed by atoms with Crippen molar-refractivity contribution in [1.82, 2.24) is 0 Å². The zero-order valence-electron chi connectivity index (χ0n) is 10.5. The molecule has 1 aromatic rings. The van der Waals surface area contributed by atoms with Crippen molar-refractivity contribution in [3.63, 3.8) is 0 Å². The fraction of sp³-hybridized carbons (Fsp3) is 0.417. The van der Waals surface area contributed by atoms with Gasteiger partial charge in [0.15, 0.2) is 0 Å². The van der Waals surface area contributed by atoms with E-state index in [2.05, 4.69) is 0 Å². The Labute approximate surface area is 113 Å². The molecule has 1 fully saturated rings. The van der Waals surface area contributed by atoms with E-state index in [9.17, 15) is 19.3 Å². The molecule has 0 spiro atoms. The molecule has 0 radical (unpaired) electrons. The standard InChI is InChI=1S/C12H13FN2O5/c13-8-1-2-10(11(5-8)15(18)19)14-3-4-20-7-9(14)6-12(16)17/h1-2,5,9H,3-4,6-7H2,(H,16,17). The minimum absolute atomic E-state index is 0.167. The predicted molar refractivity (Wildman–Crippen MR) is 67.3 cm³/mol. The van der Waals surface area contributed by atoms with Gasteiger partial charge in [0.05, 0.1) is 36.7 Å². The maximum absolute atomic E-state index is 13.1. The molecular formula is C12H13FN2O5. The van der Waals surface area contributed by atoms with Crippen LogP contribution < -0.4 is 4.90 Å². The molecule has 0 bridgehead atoms. The van der Waals surface area contributed by atoms with Crippen LogP contribution in [0.2, 0.25) is 0 Å². The number of benzene rings is 1. The smallest absolute Gasteiger partial charge is 0.305 e. The second kappa shape index (κ2) is 5.83. The first-order chi connectivity index (χ1) is 9.49. The lowest BCUT2D eigenvalue weighted by atomic mass is 10.1. The highest BCUT2D eigenvalue weighted by Crippen LogP contribution is 2.31. The van der Waals surface area contributed by atoms with E-state index in [1.165, 1.54) is 6.07 Å². The number of rotatable bonds is 4. The van der Waals surface area contributed by atoms with Gasteiger partial charge in [-0.1, -0.05) is 0 Å². The Balaban J connectivity index is 2.36. The van der Waals surface area contributed by atoms with Gasteiger partial charge >= 0.3 is 5.97 Å². The molecule has 8 heteroatoms. The van der Waals surface area contributed by atoms with E-state index in [0.717, 1.165) is 12.1 Å². The van der Waals surface area contributed by atoms with Crippen LogP contribution in [0, 0.1) is 15.9 Å². The molecule has 0 amide bonds. The first-order valence-corrected chi connectivity index (χ1v) is 5.99. The van der Waals surface area contributed by atoms with Crippen molar-refractivity contribution in [2.75, 3.05) is 24.7 Å². The quantitative estimate of drug-likeness (QED) is 0.663. The van der Waals surface area contributed by atoms with E-state index in [1.807, 2.05) is 0 Å². The highest BCUT2D eigenvalue weighted by molar-refractivity contribution is 5.70. The van der Waals surface area contributed by atoms with E-state index in [-0.39, 0.29) is 24.4 Å². The second-order valence-corrected chi connectivity index (χ2v) is 4.41. The number of anilines is 1. The lowest BCUT2D eigenvalue weighted by Gasteiger charge is -2.36. The summed E-state index contributed by atoms with van der Waals surface area (Å²) in [6.07, 6.45) is -0.200. The number of carboxylic acids is 1. The van der Waals surface area contributed by atoms with Crippen molar-refractivity contribution in [2.45, 2.75) is 12.5 Å². The van der Waals surface area contributed by atoms with E-state index in [1.54, 1.807) is 4.90 Å². The lowest BCUT2D eigenvalue weighted by Crippen LogP contribution is -2.46. The largest absolute Gasteiger partial charge is 0.481 e. The van der Waals surface area contributed by atoms with Gasteiger partial charge in [-0.25, -0.2) is 4.39 Å². The van der Waals surface area contributed by atoms with Crippen LogP contribution in [-0.2, 0) is 9.53 Å². The van der Waals surface area contributed by atoms with Crippen molar-refractivity contribution in [2.24, 2.45) is 0 Å². The summed E-state index contributed by atoms with van der Waals surface area (Å²) in [4.78, 5) is 22.8. The van der Waals surface area contributed by atoms with Crippen molar-refractivity contribution < 1.29 is 24.0 Å². The normalized spacial score (nSPS) is 18.9. The molecule has 0 aliphatic carbocycles. The fourth-order valence-electron chi connectivity index (χ4n) is 2.23. The van der Waals surface area contributed by atoms with Gasteiger partial charge < -0.3 is 14.7 Å². The third kappa shape index (κ3) is 3.02. The van der Waals surface area contributed by atoms with Gasteiger partial charge in [-0.05, 0) is 12.1 Å². The van der Waals surface area contributed by atoms with Crippen LogP contribution in [0.15, 0.2) is 18.2 Å². The van der Waals surface area contributed by atoms with Gasteiger partial charge in [0, 0.05) is 6.54 Å². The summed E-state index contributed by atoms with van der Waals surface area (Å²) in [7, 11) is 0. The van der Waals surface area contributed by atoms with Crippen molar-refractivity contribution >= 4 is 17.3 Å². The van der Waals surface area contributed by atoms with Crippen LogP contribution in [0.25, 0.3) is 0 Å². The Morgan fingerprint density at radius 3 is 3.00 bits per heavy atom. The summed E-state index contributed by atoms with van der Waals surface area (Å²) in [6, 6.07) is 2.75. The molecular weight excluding hydrogens is 271 g/mol. The Hall–Kier alpha value is -2.22. The van der Waals surface area contributed by atoms with Gasteiger partial charge in [0.25, 0.3) is 5.69 Å². The minimum atomic E-state index is -1.02. The van der Waals surface area contributed by atoms with E-state index in [0.29, 0.717) is 13.2 Å². The first-order valence-electron chi connectivity index (χ1n) is 5.99. The van der Waals surface area contributed by atoms with E-state index in [4.69, 9.17) is 9.84 Å². The summed E-state index contributed by atoms with van der Waals surface area (Å²) in [5.74, 6) is -1.72. The van der Waals surface area contributed by atoms with Crippen LogP contribution in [0.1, 0.15) is 6.42 Å². The number of nitro benzene ring substituents is 1. The van der Waals surface area contributed by atoms with Gasteiger partial charge in [0.1, 0.15) is 11.5 Å².